The number of ether oxygens (including phenoxy) is 14. The topological polar surface area (TPSA) is 345 Å². The van der Waals surface area contributed by atoms with E-state index in [4.69, 9.17) is 77.8 Å². The van der Waals surface area contributed by atoms with Crippen molar-refractivity contribution in [3.05, 3.63) is 0 Å². The molecule has 0 saturated heterocycles. The Hall–Kier alpha value is -3.39. The molecule has 98 heavy (non-hydrogen) atoms. The third kappa shape index (κ3) is 71.0. The van der Waals surface area contributed by atoms with Crippen LogP contribution in [0, 0.1) is 0 Å². The van der Waals surface area contributed by atoms with Crippen molar-refractivity contribution < 1.29 is 104 Å². The number of hydrogen-bond acceptors (Lipinski definition) is 23. The molecule has 26 nitrogen and oxygen atoms in total. The number of primary amides is 1. The maximum atomic E-state index is 13.4. The highest BCUT2D eigenvalue weighted by Crippen LogP contribution is 2.15. The molecule has 0 aromatic rings. The predicted octanol–water partition coefficient (Wildman–Crippen LogP) is 8.13. The lowest BCUT2D eigenvalue weighted by atomic mass is 10.0. The first-order valence-corrected chi connectivity index (χ1v) is 38.8. The van der Waals surface area contributed by atoms with E-state index in [9.17, 15) is 38.1 Å². The number of carbonyl (C=O) groups excluding carboxylic acids is 6. The highest BCUT2D eigenvalue weighted by molar-refractivity contribution is 7.85. The molecule has 27 heteroatoms. The second kappa shape index (κ2) is 76.3. The lowest BCUT2D eigenvalue weighted by Gasteiger charge is -2.20. The normalized spacial score (nSPS) is 12.7. The lowest BCUT2D eigenvalue weighted by molar-refractivity contribution is -0.150. The Balaban J connectivity index is 4.11. The van der Waals surface area contributed by atoms with Crippen LogP contribution in [0.25, 0.3) is 0 Å². The zero-order valence-corrected chi connectivity index (χ0v) is 61.6. The van der Waals surface area contributed by atoms with Gasteiger partial charge in [-0.3, -0.25) is 28.2 Å². The van der Waals surface area contributed by atoms with Gasteiger partial charge in [0.1, 0.15) is 24.5 Å². The number of nitrogens with two attached hydrogens (primary N) is 2. The molecule has 0 saturated carbocycles. The number of ketones is 2. The number of aliphatic hydroxyl groups excluding tert-OH is 1. The standard InChI is InChI=1S/C71H136N4O22S/c1-3-5-7-9-11-13-15-17-18-20-22-24-26-30-69(80)97-64(60-96-71(82)74-34-27-25-23-21-19-16-14-12-10-8-6-4-2)61-98(83)62-65(72)70(81)75-66(59-76)67(78)29-28-35-84-37-39-86-41-43-88-45-47-90-49-51-92-53-55-94-57-58-95-56-54-93-52-50-91-48-46-89-44-42-87-40-38-85-36-33-63(77)31-32-68(73)79/h64-66,76H,3-62,72H2,1-2H3,(H2,73,79)(H,74,82)(H,75,81)/t64-,65+,66+,98?/m1/s1. The van der Waals surface area contributed by atoms with Crippen LogP contribution in [0.2, 0.25) is 0 Å². The van der Waals surface area contributed by atoms with Gasteiger partial charge in [0, 0.05) is 61.8 Å². The van der Waals surface area contributed by atoms with Gasteiger partial charge in [-0.05, 0) is 19.3 Å². The summed E-state index contributed by atoms with van der Waals surface area (Å²) in [6.45, 7) is 13.5. The first-order chi connectivity index (χ1) is 47.9. The Morgan fingerprint density at radius 2 is 0.745 bits per heavy atom. The average molecular weight is 1430 g/mol. The van der Waals surface area contributed by atoms with Gasteiger partial charge in [-0.15, -0.1) is 0 Å². The second-order valence-corrected chi connectivity index (χ2v) is 25.9. The average Bonchev–Trinajstić information content (AvgIpc) is 0.979. The molecule has 0 radical (unpaired) electrons. The zero-order chi connectivity index (χ0) is 71.5. The Labute approximate surface area is 591 Å². The minimum absolute atomic E-state index is 0.0222. The van der Waals surface area contributed by atoms with Gasteiger partial charge in [-0.25, -0.2) is 4.79 Å². The Kier molecular flexibility index (Phi) is 73.6. The molecule has 0 rings (SSSR count). The van der Waals surface area contributed by atoms with Crippen LogP contribution >= 0.6 is 0 Å². The van der Waals surface area contributed by atoms with Gasteiger partial charge in [0.05, 0.1) is 170 Å². The van der Waals surface area contributed by atoms with E-state index >= 15 is 0 Å². The largest absolute Gasteiger partial charge is 0.458 e. The summed E-state index contributed by atoms with van der Waals surface area (Å²) < 4.78 is 90.5. The first kappa shape index (κ1) is 94.6. The maximum Gasteiger partial charge on any atom is 0.407 e. The molecule has 0 aromatic carbocycles. The van der Waals surface area contributed by atoms with Crippen molar-refractivity contribution >= 4 is 46.2 Å². The van der Waals surface area contributed by atoms with Crippen molar-refractivity contribution in [2.45, 2.75) is 231 Å². The van der Waals surface area contributed by atoms with Crippen LogP contribution in [0.1, 0.15) is 213 Å². The molecule has 1 unspecified atom stereocenters. The summed E-state index contributed by atoms with van der Waals surface area (Å²) in [6, 6.07) is -2.52. The molecule has 0 aliphatic rings. The molecule has 0 bridgehead atoms. The molecular weight excluding hydrogens is 1290 g/mol. The van der Waals surface area contributed by atoms with Gasteiger partial charge in [0.2, 0.25) is 11.8 Å². The molecule has 4 atom stereocenters. The molecule has 0 aromatic heterocycles. The van der Waals surface area contributed by atoms with E-state index in [-0.39, 0.29) is 69.2 Å². The van der Waals surface area contributed by atoms with Crippen molar-refractivity contribution in [2.24, 2.45) is 11.5 Å². The van der Waals surface area contributed by atoms with E-state index in [1.54, 1.807) is 0 Å². The lowest BCUT2D eigenvalue weighted by Crippen LogP contribution is -2.52. The molecule has 3 amide bonds. The molecule has 0 aliphatic heterocycles. The van der Waals surface area contributed by atoms with E-state index in [1.807, 2.05) is 0 Å². The van der Waals surface area contributed by atoms with E-state index in [1.165, 1.54) is 116 Å². The number of amides is 3. The highest BCUT2D eigenvalue weighted by Gasteiger charge is 2.27. The summed E-state index contributed by atoms with van der Waals surface area (Å²) in [5.74, 6) is -2.75. The van der Waals surface area contributed by atoms with Crippen LogP contribution in [-0.4, -0.2) is 253 Å². The van der Waals surface area contributed by atoms with Crippen LogP contribution < -0.4 is 22.1 Å². The van der Waals surface area contributed by atoms with Crippen molar-refractivity contribution in [1.29, 1.82) is 0 Å². The summed E-state index contributed by atoms with van der Waals surface area (Å²) in [5, 5.41) is 15.2. The molecule has 0 spiro atoms. The fraction of sp³-hybridized carbons (Fsp3) is 0.915. The van der Waals surface area contributed by atoms with Crippen LogP contribution in [0.5, 0.6) is 0 Å². The molecule has 0 fully saturated rings. The number of carbonyl (C=O) groups is 6. The third-order valence-corrected chi connectivity index (χ3v) is 16.9. The number of rotatable bonds is 81. The maximum absolute atomic E-state index is 13.4. The fourth-order valence-electron chi connectivity index (χ4n) is 9.70. The van der Waals surface area contributed by atoms with Crippen molar-refractivity contribution in [3.8, 4) is 0 Å². The first-order valence-electron chi connectivity index (χ1n) is 37.3. The van der Waals surface area contributed by atoms with Gasteiger partial charge in [0.15, 0.2) is 5.78 Å². The third-order valence-electron chi connectivity index (χ3n) is 15.4. The van der Waals surface area contributed by atoms with E-state index < -0.39 is 65.3 Å². The SMILES string of the molecule is CCCCCCCCCCCCCCCC(=O)O[C@H](COC(=O)NCCCCCCCCCCCCCC)CS(=O)C[C@H](N)C(=O)N[C@@H](CO)C(=O)CCCOCCOCCOCCOCCOCCOCCOCCOCCOCCOCCOCCOCCC(=O)CCC(N)=O. The molecule has 0 aliphatic carbocycles. The molecule has 7 N–H and O–H groups in total. The number of hydrogen-bond donors (Lipinski definition) is 5. The van der Waals surface area contributed by atoms with Crippen LogP contribution in [0.15, 0.2) is 0 Å². The van der Waals surface area contributed by atoms with Crippen molar-refractivity contribution in [3.63, 3.8) is 0 Å². The smallest absolute Gasteiger partial charge is 0.407 e. The fourth-order valence-corrected chi connectivity index (χ4v) is 11.0. The Morgan fingerprint density at radius 3 is 1.11 bits per heavy atom. The summed E-state index contributed by atoms with van der Waals surface area (Å²) >= 11 is 0. The van der Waals surface area contributed by atoms with Crippen LogP contribution in [0.3, 0.4) is 0 Å². The number of esters is 1. The van der Waals surface area contributed by atoms with Crippen molar-refractivity contribution in [2.75, 3.05) is 190 Å². The van der Waals surface area contributed by atoms with E-state index in [2.05, 4.69) is 24.5 Å². The summed E-state index contributed by atoms with van der Waals surface area (Å²) in [4.78, 5) is 73.9. The minimum atomic E-state index is -1.79. The van der Waals surface area contributed by atoms with Gasteiger partial charge < -0.3 is 93.5 Å². The van der Waals surface area contributed by atoms with Crippen LogP contribution in [0.4, 0.5) is 4.79 Å². The van der Waals surface area contributed by atoms with Gasteiger partial charge in [0.25, 0.3) is 0 Å². The number of alkyl carbamates (subject to hydrolysis) is 1. The molecular formula is C71H136N4O22S. The summed E-state index contributed by atoms with van der Waals surface area (Å²) in [5.41, 5.74) is 11.2. The second-order valence-electron chi connectivity index (χ2n) is 24.3. The van der Waals surface area contributed by atoms with Gasteiger partial charge in [-0.2, -0.15) is 0 Å². The predicted molar refractivity (Wildman–Crippen MR) is 378 cm³/mol. The van der Waals surface area contributed by atoms with Crippen LogP contribution in [-0.2, 0) is 101 Å². The number of Topliss-reactive ketones (excluding diaryl/α,β-unsaturated/α-hetero) is 2. The van der Waals surface area contributed by atoms with E-state index in [0.717, 1.165) is 38.5 Å². The van der Waals surface area contributed by atoms with Gasteiger partial charge in [-0.1, -0.05) is 162 Å². The van der Waals surface area contributed by atoms with Gasteiger partial charge >= 0.3 is 12.1 Å². The number of aliphatic hydroxyl groups is 1. The zero-order valence-electron chi connectivity index (χ0n) is 60.7. The summed E-state index contributed by atoms with van der Waals surface area (Å²) in [6.07, 6.45) is 29.0. The monoisotopic (exact) mass is 1430 g/mol. The number of nitrogens with one attached hydrogen (secondary N) is 2. The molecule has 0 heterocycles. The van der Waals surface area contributed by atoms with Crippen molar-refractivity contribution in [1.82, 2.24) is 10.6 Å². The van der Waals surface area contributed by atoms with E-state index in [0.29, 0.717) is 165 Å². The highest BCUT2D eigenvalue weighted by atomic mass is 32.2. The quantitative estimate of drug-likeness (QED) is 0.0283. The Morgan fingerprint density at radius 1 is 0.398 bits per heavy atom. The molecule has 578 valence electrons. The summed E-state index contributed by atoms with van der Waals surface area (Å²) in [7, 11) is -1.79. The number of unbranched alkanes of at least 4 members (excludes halogenated alkanes) is 23. The Bertz CT molecular complexity index is 1850. The minimum Gasteiger partial charge on any atom is -0.458 e.